The van der Waals surface area contributed by atoms with Crippen LogP contribution < -0.4 is 10.6 Å². The monoisotopic (exact) mass is 551 g/mol. The van der Waals surface area contributed by atoms with Gasteiger partial charge in [0.25, 0.3) is 5.91 Å². The van der Waals surface area contributed by atoms with E-state index in [0.29, 0.717) is 24.9 Å². The van der Waals surface area contributed by atoms with Crippen LogP contribution in [0.5, 0.6) is 0 Å². The summed E-state index contributed by atoms with van der Waals surface area (Å²) in [6, 6.07) is 11.4. The molecule has 1 aliphatic heterocycles. The van der Waals surface area contributed by atoms with Crippen molar-refractivity contribution in [2.45, 2.75) is 62.4 Å². The van der Waals surface area contributed by atoms with Gasteiger partial charge < -0.3 is 10.6 Å². The second-order valence-corrected chi connectivity index (χ2v) is 12.3. The third-order valence-corrected chi connectivity index (χ3v) is 9.65. The quantitative estimate of drug-likeness (QED) is 0.550. The molecule has 2 unspecified atom stereocenters. The number of benzene rings is 2. The summed E-state index contributed by atoms with van der Waals surface area (Å²) in [5, 5.41) is 6.61. The largest absolute Gasteiger partial charge is 0.351 e. The van der Waals surface area contributed by atoms with Gasteiger partial charge in [0, 0.05) is 35.8 Å². The van der Waals surface area contributed by atoms with Crippen LogP contribution in [-0.4, -0.2) is 49.7 Å². The molecular formula is C26H31Cl2N3O4S. The smallest absolute Gasteiger partial charge is 0.251 e. The zero-order valence-electron chi connectivity index (χ0n) is 20.2. The lowest BCUT2D eigenvalue weighted by molar-refractivity contribution is -0.127. The number of halogens is 2. The van der Waals surface area contributed by atoms with Crippen molar-refractivity contribution >= 4 is 45.0 Å². The Kier molecular flexibility index (Phi) is 8.60. The van der Waals surface area contributed by atoms with Gasteiger partial charge in [-0.05, 0) is 62.4 Å². The van der Waals surface area contributed by atoms with E-state index in [1.165, 1.54) is 22.5 Å². The summed E-state index contributed by atoms with van der Waals surface area (Å²) in [6.07, 6.45) is 4.63. The van der Waals surface area contributed by atoms with E-state index >= 15 is 0 Å². The fourth-order valence-electron chi connectivity index (χ4n) is 5.04. The van der Waals surface area contributed by atoms with E-state index in [-0.39, 0.29) is 45.4 Å². The van der Waals surface area contributed by atoms with Crippen LogP contribution >= 0.6 is 23.2 Å². The average Bonchev–Trinajstić information content (AvgIpc) is 2.87. The third-order valence-electron chi connectivity index (χ3n) is 7.07. The van der Waals surface area contributed by atoms with Crippen molar-refractivity contribution in [2.75, 3.05) is 13.1 Å². The average molecular weight is 553 g/mol. The standard InChI is InChI=1S/C26H31Cl2N3O4S/c1-17-7-2-3-9-20(17)26(33)30-23-11-5-4-10-22(23)29-25(32)18-8-6-14-31(16-18)36(34,35)24-15-19(27)12-13-21(24)28/h2-3,7,9,12-13,15,18,22-23H,4-6,8,10-11,14,16H2,1H3,(H,29,32)(H,30,33)/t18?,22?,23-/m1/s1. The maximum atomic E-state index is 13.3. The molecule has 1 saturated carbocycles. The highest BCUT2D eigenvalue weighted by molar-refractivity contribution is 7.89. The molecule has 2 aliphatic rings. The van der Waals surface area contributed by atoms with Crippen LogP contribution in [0.25, 0.3) is 0 Å². The van der Waals surface area contributed by atoms with E-state index in [1.54, 1.807) is 6.07 Å². The van der Waals surface area contributed by atoms with Crippen molar-refractivity contribution in [3.8, 4) is 0 Å². The molecule has 2 fully saturated rings. The molecule has 2 N–H and O–H groups in total. The maximum absolute atomic E-state index is 13.3. The Labute approximate surface area is 222 Å². The Bertz CT molecular complexity index is 1240. The first kappa shape index (κ1) is 26.9. The summed E-state index contributed by atoms with van der Waals surface area (Å²) in [4.78, 5) is 26.1. The van der Waals surface area contributed by atoms with E-state index < -0.39 is 15.9 Å². The zero-order chi connectivity index (χ0) is 25.9. The molecule has 36 heavy (non-hydrogen) atoms. The van der Waals surface area contributed by atoms with Crippen LogP contribution in [0.15, 0.2) is 47.4 Å². The molecule has 4 rings (SSSR count). The van der Waals surface area contributed by atoms with Crippen LogP contribution in [0.1, 0.15) is 54.4 Å². The van der Waals surface area contributed by atoms with Crippen molar-refractivity contribution in [3.05, 3.63) is 63.6 Å². The molecule has 2 amide bonds. The topological polar surface area (TPSA) is 95.6 Å². The van der Waals surface area contributed by atoms with Crippen molar-refractivity contribution in [1.82, 2.24) is 14.9 Å². The fourth-order valence-corrected chi connectivity index (χ4v) is 7.30. The minimum Gasteiger partial charge on any atom is -0.351 e. The van der Waals surface area contributed by atoms with Gasteiger partial charge in [-0.3, -0.25) is 9.59 Å². The first-order valence-corrected chi connectivity index (χ1v) is 14.5. The van der Waals surface area contributed by atoms with Gasteiger partial charge in [-0.15, -0.1) is 0 Å². The third kappa shape index (κ3) is 6.05. The van der Waals surface area contributed by atoms with Crippen LogP contribution in [0.3, 0.4) is 0 Å². The lowest BCUT2D eigenvalue weighted by Crippen LogP contribution is -2.55. The molecule has 3 atom stereocenters. The van der Waals surface area contributed by atoms with Gasteiger partial charge in [-0.25, -0.2) is 8.42 Å². The Balaban J connectivity index is 1.43. The van der Waals surface area contributed by atoms with Crippen LogP contribution in [0.2, 0.25) is 10.0 Å². The van der Waals surface area contributed by atoms with E-state index in [2.05, 4.69) is 10.6 Å². The zero-order valence-corrected chi connectivity index (χ0v) is 22.5. The minimum atomic E-state index is -3.90. The normalized spacial score (nSPS) is 23.1. The number of carbonyl (C=O) groups is 2. The molecule has 7 nitrogen and oxygen atoms in total. The summed E-state index contributed by atoms with van der Waals surface area (Å²) < 4.78 is 27.8. The van der Waals surface area contributed by atoms with Gasteiger partial charge in [0.15, 0.2) is 0 Å². The van der Waals surface area contributed by atoms with E-state index in [4.69, 9.17) is 23.2 Å². The number of hydrogen-bond donors (Lipinski definition) is 2. The SMILES string of the molecule is Cc1ccccc1C(=O)N[C@@H]1CCCCC1NC(=O)C1CCCN(S(=O)(=O)c2cc(Cl)ccc2Cl)C1. The number of rotatable bonds is 6. The molecule has 194 valence electrons. The molecule has 0 aromatic heterocycles. The van der Waals surface area contributed by atoms with Crippen molar-refractivity contribution < 1.29 is 18.0 Å². The Morgan fingerprint density at radius 3 is 2.36 bits per heavy atom. The molecule has 1 saturated heterocycles. The highest BCUT2D eigenvalue weighted by Gasteiger charge is 2.36. The van der Waals surface area contributed by atoms with Gasteiger partial charge in [0.2, 0.25) is 15.9 Å². The number of nitrogens with one attached hydrogen (secondary N) is 2. The summed E-state index contributed by atoms with van der Waals surface area (Å²) in [5.41, 5.74) is 1.52. The van der Waals surface area contributed by atoms with Gasteiger partial charge in [0.05, 0.1) is 10.9 Å². The summed E-state index contributed by atoms with van der Waals surface area (Å²) >= 11 is 12.2. The fraction of sp³-hybridized carbons (Fsp3) is 0.462. The molecular weight excluding hydrogens is 521 g/mol. The molecule has 2 aromatic carbocycles. The first-order valence-electron chi connectivity index (χ1n) is 12.3. The van der Waals surface area contributed by atoms with E-state index in [0.717, 1.165) is 31.2 Å². The van der Waals surface area contributed by atoms with Crippen molar-refractivity contribution in [3.63, 3.8) is 0 Å². The van der Waals surface area contributed by atoms with Crippen molar-refractivity contribution in [2.24, 2.45) is 5.92 Å². The molecule has 1 heterocycles. The maximum Gasteiger partial charge on any atom is 0.251 e. The Hall–Kier alpha value is -2.13. The molecule has 0 spiro atoms. The van der Waals surface area contributed by atoms with Gasteiger partial charge >= 0.3 is 0 Å². The first-order chi connectivity index (χ1) is 17.2. The van der Waals surface area contributed by atoms with Gasteiger partial charge in [-0.2, -0.15) is 4.31 Å². The van der Waals surface area contributed by atoms with Gasteiger partial charge in [0.1, 0.15) is 4.90 Å². The molecule has 1 aliphatic carbocycles. The summed E-state index contributed by atoms with van der Waals surface area (Å²) in [5.74, 6) is -0.817. The number of carbonyl (C=O) groups excluding carboxylic acids is 2. The highest BCUT2D eigenvalue weighted by Crippen LogP contribution is 2.31. The predicted molar refractivity (Wildman–Crippen MR) is 141 cm³/mol. The van der Waals surface area contributed by atoms with Gasteiger partial charge in [-0.1, -0.05) is 54.2 Å². The molecule has 0 radical (unpaired) electrons. The molecule has 2 aromatic rings. The second-order valence-electron chi connectivity index (χ2n) is 9.57. The molecule has 10 heteroatoms. The summed E-state index contributed by atoms with van der Waals surface area (Å²) in [7, 11) is -3.90. The second kappa shape index (κ2) is 11.5. The number of hydrogen-bond acceptors (Lipinski definition) is 4. The molecule has 0 bridgehead atoms. The minimum absolute atomic E-state index is 0.0519. The van der Waals surface area contributed by atoms with Crippen LogP contribution in [0.4, 0.5) is 0 Å². The highest BCUT2D eigenvalue weighted by atomic mass is 35.5. The van der Waals surface area contributed by atoms with Crippen LogP contribution in [-0.2, 0) is 14.8 Å². The predicted octanol–water partition coefficient (Wildman–Crippen LogP) is 4.56. The number of piperidine rings is 1. The van der Waals surface area contributed by atoms with E-state index in [9.17, 15) is 18.0 Å². The Morgan fingerprint density at radius 1 is 0.944 bits per heavy atom. The lowest BCUT2D eigenvalue weighted by atomic mass is 9.89. The number of amides is 2. The Morgan fingerprint density at radius 2 is 1.64 bits per heavy atom. The summed E-state index contributed by atoms with van der Waals surface area (Å²) in [6.45, 7) is 2.28. The lowest BCUT2D eigenvalue weighted by Gasteiger charge is -2.36. The number of sulfonamides is 1. The van der Waals surface area contributed by atoms with Crippen molar-refractivity contribution in [1.29, 1.82) is 0 Å². The number of nitrogens with zero attached hydrogens (tertiary/aromatic N) is 1. The van der Waals surface area contributed by atoms with E-state index in [1.807, 2.05) is 25.1 Å². The van der Waals surface area contributed by atoms with Crippen LogP contribution in [0, 0.1) is 12.8 Å². The number of aryl methyl sites for hydroxylation is 1.